The van der Waals surface area contributed by atoms with Crippen molar-refractivity contribution in [2.45, 2.75) is 39.2 Å². The molecule has 20 heavy (non-hydrogen) atoms. The Morgan fingerprint density at radius 1 is 1.25 bits per heavy atom. The number of hydrogen-bond acceptors (Lipinski definition) is 3. The van der Waals surface area contributed by atoms with Gasteiger partial charge >= 0.3 is 0 Å². The molecule has 0 radical (unpaired) electrons. The number of hydrogen-bond donors (Lipinski definition) is 1. The van der Waals surface area contributed by atoms with Crippen LogP contribution in [-0.2, 0) is 4.79 Å². The Morgan fingerprint density at radius 3 is 2.45 bits per heavy atom. The zero-order chi connectivity index (χ0) is 14.7. The lowest BCUT2D eigenvalue weighted by molar-refractivity contribution is -0.122. The number of carbonyl (C=O) groups excluding carboxylic acids is 2. The third kappa shape index (κ3) is 3.00. The minimum absolute atomic E-state index is 0.0804. The van der Waals surface area contributed by atoms with E-state index >= 15 is 0 Å². The zero-order valence-electron chi connectivity index (χ0n) is 12.1. The SMILES string of the molecule is CCC(=O)c1ccc(N2CC(C(N)=O)CCC2C)cc1. The quantitative estimate of drug-likeness (QED) is 0.857. The van der Waals surface area contributed by atoms with E-state index in [0.717, 1.165) is 24.1 Å². The van der Waals surface area contributed by atoms with Crippen molar-refractivity contribution in [1.82, 2.24) is 0 Å². The van der Waals surface area contributed by atoms with E-state index in [4.69, 9.17) is 5.73 Å². The Bertz CT molecular complexity index is 496. The number of benzene rings is 1. The highest BCUT2D eigenvalue weighted by Gasteiger charge is 2.28. The van der Waals surface area contributed by atoms with Gasteiger partial charge in [-0.25, -0.2) is 0 Å². The third-order valence-corrected chi connectivity index (χ3v) is 4.13. The standard InChI is InChI=1S/C16H22N2O2/c1-3-15(19)12-6-8-14(9-7-12)18-10-13(16(17)20)5-4-11(18)2/h6-9,11,13H,3-5,10H2,1-2H3,(H2,17,20). The van der Waals surface area contributed by atoms with E-state index in [1.165, 1.54) is 0 Å². The highest BCUT2D eigenvalue weighted by molar-refractivity contribution is 5.96. The maximum Gasteiger partial charge on any atom is 0.222 e. The normalized spacial score (nSPS) is 22.6. The average Bonchev–Trinajstić information content (AvgIpc) is 2.47. The van der Waals surface area contributed by atoms with Crippen molar-refractivity contribution in [2.24, 2.45) is 11.7 Å². The molecular formula is C16H22N2O2. The molecule has 2 rings (SSSR count). The Balaban J connectivity index is 2.16. The lowest BCUT2D eigenvalue weighted by atomic mass is 9.92. The van der Waals surface area contributed by atoms with Crippen LogP contribution in [0.15, 0.2) is 24.3 Å². The second kappa shape index (κ2) is 6.07. The van der Waals surface area contributed by atoms with Crippen LogP contribution in [0.3, 0.4) is 0 Å². The van der Waals surface area contributed by atoms with Gasteiger partial charge in [0.1, 0.15) is 0 Å². The topological polar surface area (TPSA) is 63.4 Å². The molecule has 0 aliphatic carbocycles. The maximum absolute atomic E-state index is 11.6. The van der Waals surface area contributed by atoms with Gasteiger partial charge in [-0.1, -0.05) is 6.92 Å². The molecule has 2 N–H and O–H groups in total. The Hall–Kier alpha value is -1.84. The summed E-state index contributed by atoms with van der Waals surface area (Å²) in [6, 6.07) is 8.04. The molecule has 4 nitrogen and oxygen atoms in total. The van der Waals surface area contributed by atoms with Crippen molar-refractivity contribution in [3.63, 3.8) is 0 Å². The first-order valence-corrected chi connectivity index (χ1v) is 7.22. The van der Waals surface area contributed by atoms with Gasteiger partial charge in [0, 0.05) is 30.3 Å². The number of primary amides is 1. The predicted octanol–water partition coefficient (Wildman–Crippen LogP) is 2.37. The van der Waals surface area contributed by atoms with Crippen molar-refractivity contribution in [3.8, 4) is 0 Å². The molecule has 4 heteroatoms. The number of nitrogens with two attached hydrogens (primary N) is 1. The van der Waals surface area contributed by atoms with Crippen LogP contribution in [0, 0.1) is 5.92 Å². The molecule has 1 saturated heterocycles. The summed E-state index contributed by atoms with van der Waals surface area (Å²) in [5.41, 5.74) is 7.22. The number of nitrogens with zero attached hydrogens (tertiary/aromatic N) is 1. The summed E-state index contributed by atoms with van der Waals surface area (Å²) in [6.45, 7) is 4.68. The molecule has 1 aliphatic rings. The van der Waals surface area contributed by atoms with Gasteiger partial charge in [0.15, 0.2) is 5.78 Å². The Morgan fingerprint density at radius 2 is 1.90 bits per heavy atom. The molecule has 0 bridgehead atoms. The molecule has 1 amide bonds. The van der Waals surface area contributed by atoms with Crippen LogP contribution in [-0.4, -0.2) is 24.3 Å². The minimum atomic E-state index is -0.223. The minimum Gasteiger partial charge on any atom is -0.369 e. The molecule has 0 aromatic heterocycles. The molecule has 0 spiro atoms. The summed E-state index contributed by atoms with van der Waals surface area (Å²) in [4.78, 5) is 25.2. The molecule has 1 aromatic rings. The largest absolute Gasteiger partial charge is 0.369 e. The van der Waals surface area contributed by atoms with E-state index in [9.17, 15) is 9.59 Å². The van der Waals surface area contributed by atoms with Crippen molar-refractivity contribution >= 4 is 17.4 Å². The first-order valence-electron chi connectivity index (χ1n) is 7.22. The monoisotopic (exact) mass is 274 g/mol. The van der Waals surface area contributed by atoms with Crippen LogP contribution in [0.25, 0.3) is 0 Å². The number of rotatable bonds is 4. The zero-order valence-corrected chi connectivity index (χ0v) is 12.1. The first kappa shape index (κ1) is 14.6. The van der Waals surface area contributed by atoms with E-state index in [-0.39, 0.29) is 17.6 Å². The first-order chi connectivity index (χ1) is 9.52. The molecule has 0 saturated carbocycles. The average molecular weight is 274 g/mol. The van der Waals surface area contributed by atoms with Gasteiger partial charge in [-0.2, -0.15) is 0 Å². The maximum atomic E-state index is 11.6. The third-order valence-electron chi connectivity index (χ3n) is 4.13. The van der Waals surface area contributed by atoms with E-state index in [2.05, 4.69) is 11.8 Å². The predicted molar refractivity (Wildman–Crippen MR) is 79.8 cm³/mol. The molecule has 108 valence electrons. The van der Waals surface area contributed by atoms with Gasteiger partial charge in [0.2, 0.25) is 5.91 Å². The fraction of sp³-hybridized carbons (Fsp3) is 0.500. The van der Waals surface area contributed by atoms with Gasteiger partial charge in [-0.15, -0.1) is 0 Å². The van der Waals surface area contributed by atoms with E-state index in [0.29, 0.717) is 19.0 Å². The second-order valence-electron chi connectivity index (χ2n) is 5.50. The number of piperidine rings is 1. The van der Waals surface area contributed by atoms with Gasteiger partial charge in [-0.3, -0.25) is 9.59 Å². The van der Waals surface area contributed by atoms with Crippen molar-refractivity contribution in [2.75, 3.05) is 11.4 Å². The summed E-state index contributed by atoms with van der Waals surface area (Å²) in [7, 11) is 0. The lowest BCUT2D eigenvalue weighted by Gasteiger charge is -2.38. The van der Waals surface area contributed by atoms with Crippen molar-refractivity contribution < 1.29 is 9.59 Å². The van der Waals surface area contributed by atoms with Gasteiger partial charge in [0.05, 0.1) is 5.92 Å². The Kier molecular flexibility index (Phi) is 4.42. The molecule has 1 aliphatic heterocycles. The summed E-state index contributed by atoms with van der Waals surface area (Å²) in [5.74, 6) is -0.152. The molecule has 1 aromatic carbocycles. The lowest BCUT2D eigenvalue weighted by Crippen LogP contribution is -2.45. The van der Waals surface area contributed by atoms with Gasteiger partial charge in [0.25, 0.3) is 0 Å². The van der Waals surface area contributed by atoms with Gasteiger partial charge in [-0.05, 0) is 44.0 Å². The fourth-order valence-electron chi connectivity index (χ4n) is 2.74. The smallest absolute Gasteiger partial charge is 0.222 e. The molecule has 2 unspecified atom stereocenters. The summed E-state index contributed by atoms with van der Waals surface area (Å²) in [5, 5.41) is 0. The van der Waals surface area contributed by atoms with Crippen LogP contribution in [0.1, 0.15) is 43.5 Å². The number of amides is 1. The highest BCUT2D eigenvalue weighted by Crippen LogP contribution is 2.27. The van der Waals surface area contributed by atoms with Gasteiger partial charge < -0.3 is 10.6 Å². The number of anilines is 1. The number of carbonyl (C=O) groups is 2. The molecule has 1 heterocycles. The Labute approximate surface area is 119 Å². The van der Waals surface area contributed by atoms with E-state index in [1.807, 2.05) is 31.2 Å². The van der Waals surface area contributed by atoms with Crippen LogP contribution in [0.4, 0.5) is 5.69 Å². The van der Waals surface area contributed by atoms with Crippen molar-refractivity contribution in [3.05, 3.63) is 29.8 Å². The summed E-state index contributed by atoms with van der Waals surface area (Å²) >= 11 is 0. The van der Waals surface area contributed by atoms with Crippen LogP contribution < -0.4 is 10.6 Å². The summed E-state index contributed by atoms with van der Waals surface area (Å²) < 4.78 is 0. The van der Waals surface area contributed by atoms with Crippen LogP contribution in [0.5, 0.6) is 0 Å². The summed E-state index contributed by atoms with van der Waals surface area (Å²) in [6.07, 6.45) is 2.34. The molecule has 2 atom stereocenters. The van der Waals surface area contributed by atoms with Crippen molar-refractivity contribution in [1.29, 1.82) is 0 Å². The number of ketones is 1. The van der Waals surface area contributed by atoms with Crippen LogP contribution >= 0.6 is 0 Å². The van der Waals surface area contributed by atoms with E-state index < -0.39 is 0 Å². The highest BCUT2D eigenvalue weighted by atomic mass is 16.1. The number of Topliss-reactive ketones (excluding diaryl/α,β-unsaturated/α-hetero) is 1. The second-order valence-corrected chi connectivity index (χ2v) is 5.50. The van der Waals surface area contributed by atoms with Crippen LogP contribution in [0.2, 0.25) is 0 Å². The molecule has 1 fully saturated rings. The fourth-order valence-corrected chi connectivity index (χ4v) is 2.74. The molecular weight excluding hydrogens is 252 g/mol. The van der Waals surface area contributed by atoms with E-state index in [1.54, 1.807) is 0 Å².